The summed E-state index contributed by atoms with van der Waals surface area (Å²) < 4.78 is 12.2. The van der Waals surface area contributed by atoms with Crippen LogP contribution in [-0.2, 0) is 4.79 Å². The molecule has 0 aromatic rings. The highest BCUT2D eigenvalue weighted by molar-refractivity contribution is 5.91. The lowest BCUT2D eigenvalue weighted by Gasteiger charge is -2.01. The molecule has 0 aromatic carbocycles. The Morgan fingerprint density at radius 1 is 1.36 bits per heavy atom. The largest absolute Gasteiger partial charge is 0.321 e. The molecule has 0 aliphatic heterocycles. The second-order valence-corrected chi connectivity index (χ2v) is 2.73. The van der Waals surface area contributed by atoms with Crippen molar-refractivity contribution >= 4 is 5.91 Å². The lowest BCUT2D eigenvalue weighted by molar-refractivity contribution is -0.118. The highest BCUT2D eigenvalue weighted by Gasteiger charge is 2.04. The third kappa shape index (κ3) is 5.09. The highest BCUT2D eigenvalue weighted by atomic mass is 19.1. The van der Waals surface area contributed by atoms with Gasteiger partial charge in [0.2, 0.25) is 0 Å². The highest BCUT2D eigenvalue weighted by Crippen LogP contribution is 2.01. The van der Waals surface area contributed by atoms with Crippen LogP contribution in [0.3, 0.4) is 0 Å². The third-order valence-electron chi connectivity index (χ3n) is 1.49. The second kappa shape index (κ2) is 5.91. The van der Waals surface area contributed by atoms with Gasteiger partial charge in [0.25, 0.3) is 5.91 Å². The summed E-state index contributed by atoms with van der Waals surface area (Å²) in [4.78, 5) is 10.8. The zero-order chi connectivity index (χ0) is 11.1. The maximum Gasteiger partial charge on any atom is 0.283 e. The minimum absolute atomic E-state index is 0.309. The topological polar surface area (TPSA) is 29.1 Å². The summed E-state index contributed by atoms with van der Waals surface area (Å²) in [5, 5.41) is 2.22. The van der Waals surface area contributed by atoms with E-state index in [1.807, 2.05) is 6.92 Å². The van der Waals surface area contributed by atoms with Crippen LogP contribution < -0.4 is 5.32 Å². The number of rotatable bonds is 5. The maximum atomic E-state index is 12.2. The van der Waals surface area contributed by atoms with Crippen molar-refractivity contribution in [2.24, 2.45) is 0 Å². The summed E-state index contributed by atoms with van der Waals surface area (Å²) in [6.45, 7) is 12.1. The normalized spacial score (nSPS) is 9.86. The molecular formula is C11H14FNO. The van der Waals surface area contributed by atoms with Crippen molar-refractivity contribution in [2.45, 2.75) is 13.3 Å². The summed E-state index contributed by atoms with van der Waals surface area (Å²) >= 11 is 0. The molecule has 14 heavy (non-hydrogen) atoms. The number of amides is 1. The van der Waals surface area contributed by atoms with E-state index in [9.17, 15) is 9.18 Å². The van der Waals surface area contributed by atoms with Crippen LogP contribution >= 0.6 is 0 Å². The van der Waals surface area contributed by atoms with E-state index in [2.05, 4.69) is 25.1 Å². The Morgan fingerprint density at radius 3 is 2.36 bits per heavy atom. The summed E-state index contributed by atoms with van der Waals surface area (Å²) in [7, 11) is 0. The first-order valence-electron chi connectivity index (χ1n) is 4.18. The number of hydrogen-bond acceptors (Lipinski definition) is 1. The minimum atomic E-state index is -1.03. The van der Waals surface area contributed by atoms with Gasteiger partial charge in [0, 0.05) is 5.70 Å². The van der Waals surface area contributed by atoms with Crippen LogP contribution in [0, 0.1) is 0 Å². The summed E-state index contributed by atoms with van der Waals surface area (Å²) in [5.74, 6) is -1.91. The van der Waals surface area contributed by atoms with Crippen molar-refractivity contribution in [1.29, 1.82) is 0 Å². The van der Waals surface area contributed by atoms with Gasteiger partial charge in [-0.3, -0.25) is 4.79 Å². The molecule has 76 valence electrons. The van der Waals surface area contributed by atoms with Gasteiger partial charge in [-0.25, -0.2) is 4.39 Å². The summed E-state index contributed by atoms with van der Waals surface area (Å²) in [5.41, 5.74) is 1.21. The predicted octanol–water partition coefficient (Wildman–Crippen LogP) is 2.62. The molecule has 0 rings (SSSR count). The molecule has 0 heterocycles. The average Bonchev–Trinajstić information content (AvgIpc) is 2.13. The SMILES string of the molecule is C=C(/C=C\C(=C)NC(=O)C(=C)F)CC. The Morgan fingerprint density at radius 2 is 1.93 bits per heavy atom. The quantitative estimate of drug-likeness (QED) is 0.530. The molecule has 3 heteroatoms. The molecule has 0 saturated heterocycles. The third-order valence-corrected chi connectivity index (χ3v) is 1.49. The molecule has 0 atom stereocenters. The first-order chi connectivity index (χ1) is 6.47. The zero-order valence-electron chi connectivity index (χ0n) is 8.27. The molecule has 0 unspecified atom stereocenters. The molecule has 0 aromatic heterocycles. The van der Waals surface area contributed by atoms with Gasteiger partial charge in [0.15, 0.2) is 5.83 Å². The van der Waals surface area contributed by atoms with Crippen molar-refractivity contribution < 1.29 is 9.18 Å². The number of carbonyl (C=O) groups excluding carboxylic acids is 1. The van der Waals surface area contributed by atoms with Crippen molar-refractivity contribution in [2.75, 3.05) is 0 Å². The number of allylic oxidation sites excluding steroid dienone is 3. The lowest BCUT2D eigenvalue weighted by atomic mass is 10.2. The van der Waals surface area contributed by atoms with Crippen LogP contribution in [0.15, 0.2) is 49.0 Å². The van der Waals surface area contributed by atoms with Gasteiger partial charge < -0.3 is 5.32 Å². The van der Waals surface area contributed by atoms with Gasteiger partial charge in [-0.1, -0.05) is 38.3 Å². The van der Waals surface area contributed by atoms with Gasteiger partial charge in [-0.05, 0) is 12.5 Å². The lowest BCUT2D eigenvalue weighted by Crippen LogP contribution is -2.20. The molecule has 1 N–H and O–H groups in total. The van der Waals surface area contributed by atoms with E-state index in [0.29, 0.717) is 5.70 Å². The molecule has 0 radical (unpaired) electrons. The Hall–Kier alpha value is -1.64. The van der Waals surface area contributed by atoms with Crippen molar-refractivity contribution in [3.8, 4) is 0 Å². The van der Waals surface area contributed by atoms with Crippen LogP contribution in [0.25, 0.3) is 0 Å². The van der Waals surface area contributed by atoms with E-state index in [0.717, 1.165) is 12.0 Å². The van der Waals surface area contributed by atoms with Crippen LogP contribution in [0.1, 0.15) is 13.3 Å². The Bertz CT molecular complexity index is 302. The molecule has 0 spiro atoms. The van der Waals surface area contributed by atoms with Gasteiger partial charge in [0.05, 0.1) is 0 Å². The molecule has 2 nitrogen and oxygen atoms in total. The van der Waals surface area contributed by atoms with Crippen molar-refractivity contribution in [1.82, 2.24) is 5.32 Å². The average molecular weight is 195 g/mol. The minimum Gasteiger partial charge on any atom is -0.321 e. The molecule has 0 aliphatic carbocycles. The van der Waals surface area contributed by atoms with Crippen LogP contribution in [0.5, 0.6) is 0 Å². The number of nitrogens with one attached hydrogen (secondary N) is 1. The fraction of sp³-hybridized carbons (Fsp3) is 0.182. The second-order valence-electron chi connectivity index (χ2n) is 2.73. The molecule has 1 amide bonds. The van der Waals surface area contributed by atoms with E-state index in [-0.39, 0.29) is 0 Å². The van der Waals surface area contributed by atoms with Crippen LogP contribution in [0.2, 0.25) is 0 Å². The fourth-order valence-electron chi connectivity index (χ4n) is 0.592. The van der Waals surface area contributed by atoms with Crippen LogP contribution in [-0.4, -0.2) is 5.91 Å². The number of hydrogen-bond donors (Lipinski definition) is 1. The smallest absolute Gasteiger partial charge is 0.283 e. The van der Waals surface area contributed by atoms with E-state index in [1.165, 1.54) is 0 Å². The van der Waals surface area contributed by atoms with Gasteiger partial charge >= 0.3 is 0 Å². The van der Waals surface area contributed by atoms with Crippen molar-refractivity contribution in [3.63, 3.8) is 0 Å². The van der Waals surface area contributed by atoms with Crippen molar-refractivity contribution in [3.05, 3.63) is 49.0 Å². The molecule has 0 fully saturated rings. The Balaban J connectivity index is 4.12. The Labute approximate surface area is 83.5 Å². The number of halogens is 1. The molecule has 0 aliphatic rings. The van der Waals surface area contributed by atoms with E-state index >= 15 is 0 Å². The Kier molecular flexibility index (Phi) is 5.22. The standard InChI is InChI=1S/C11H14FNO/c1-5-8(2)6-7-9(3)13-11(14)10(4)12/h6-7H,2-5H2,1H3,(H,13,14)/b7-6-. The molecule has 0 bridgehead atoms. The maximum absolute atomic E-state index is 12.2. The van der Waals surface area contributed by atoms with Gasteiger partial charge in [0.1, 0.15) is 0 Å². The van der Waals surface area contributed by atoms with Gasteiger partial charge in [-0.2, -0.15) is 0 Å². The fourth-order valence-corrected chi connectivity index (χ4v) is 0.592. The molecular weight excluding hydrogens is 181 g/mol. The molecule has 0 saturated carbocycles. The van der Waals surface area contributed by atoms with E-state index < -0.39 is 11.7 Å². The first kappa shape index (κ1) is 12.4. The zero-order valence-corrected chi connectivity index (χ0v) is 8.27. The monoisotopic (exact) mass is 195 g/mol. The predicted molar refractivity (Wildman–Crippen MR) is 56.1 cm³/mol. The van der Waals surface area contributed by atoms with E-state index in [4.69, 9.17) is 0 Å². The van der Waals surface area contributed by atoms with Crippen LogP contribution in [0.4, 0.5) is 4.39 Å². The first-order valence-corrected chi connectivity index (χ1v) is 4.18. The summed E-state index contributed by atoms with van der Waals surface area (Å²) in [6.07, 6.45) is 4.09. The van der Waals surface area contributed by atoms with E-state index in [1.54, 1.807) is 12.2 Å². The number of carbonyl (C=O) groups is 1. The summed E-state index contributed by atoms with van der Waals surface area (Å²) in [6, 6.07) is 0. The van der Waals surface area contributed by atoms with Gasteiger partial charge in [-0.15, -0.1) is 0 Å².